The number of nitrogens with one attached hydrogen (secondary N) is 2. The molecular weight excluding hydrogens is 470 g/mol. The van der Waals surface area contributed by atoms with E-state index in [0.717, 1.165) is 57.6 Å². The number of fused-ring (bicyclic) bond motifs is 3. The first-order valence-corrected chi connectivity index (χ1v) is 12.6. The van der Waals surface area contributed by atoms with Crippen LogP contribution in [0.15, 0.2) is 24.7 Å². The van der Waals surface area contributed by atoms with Gasteiger partial charge in [-0.1, -0.05) is 0 Å². The molecule has 6 heterocycles. The predicted molar refractivity (Wildman–Crippen MR) is 126 cm³/mol. The number of ether oxygens (including phenoxy) is 1. The molecule has 2 N–H and O–H groups in total. The molecule has 2 bridgehead atoms. The van der Waals surface area contributed by atoms with Gasteiger partial charge in [0.25, 0.3) is 12.3 Å². The molecule has 1 amide bonds. The first kappa shape index (κ1) is 22.1. The molecule has 1 spiro atoms. The van der Waals surface area contributed by atoms with Crippen molar-refractivity contribution in [2.75, 3.05) is 36.5 Å². The SMILES string of the molecule is O=C(Nc1cn(C2CCC3(CC2)CNC3)nc1C(F)F)c1cnn2ccc(N3C[C@H]4C[C@@H]3CO4)nc12. The Kier molecular flexibility index (Phi) is 5.04. The monoisotopic (exact) mass is 498 g/mol. The number of amides is 1. The smallest absolute Gasteiger partial charge is 0.284 e. The first-order chi connectivity index (χ1) is 17.5. The summed E-state index contributed by atoms with van der Waals surface area (Å²) in [6.45, 7) is 3.50. The van der Waals surface area contributed by atoms with Crippen LogP contribution in [0, 0.1) is 5.41 Å². The molecule has 0 aromatic carbocycles. The fourth-order valence-electron chi connectivity index (χ4n) is 6.21. The van der Waals surface area contributed by atoms with Crippen LogP contribution in [-0.2, 0) is 4.74 Å². The van der Waals surface area contributed by atoms with E-state index in [1.807, 2.05) is 6.07 Å². The highest BCUT2D eigenvalue weighted by Crippen LogP contribution is 2.44. The van der Waals surface area contributed by atoms with Crippen molar-refractivity contribution < 1.29 is 18.3 Å². The average Bonchev–Trinajstić information content (AvgIpc) is 3.65. The summed E-state index contributed by atoms with van der Waals surface area (Å²) < 4.78 is 36.5. The maximum atomic E-state index is 13.9. The second kappa shape index (κ2) is 8.20. The maximum absolute atomic E-state index is 13.9. The topological polar surface area (TPSA) is 102 Å². The summed E-state index contributed by atoms with van der Waals surface area (Å²) in [6, 6.07) is 2.20. The van der Waals surface area contributed by atoms with Crippen molar-refractivity contribution >= 4 is 23.1 Å². The highest BCUT2D eigenvalue weighted by molar-refractivity contribution is 6.08. The van der Waals surface area contributed by atoms with Gasteiger partial charge < -0.3 is 20.3 Å². The molecule has 4 fully saturated rings. The average molecular weight is 499 g/mol. The molecule has 36 heavy (non-hydrogen) atoms. The molecule has 12 heteroatoms. The van der Waals surface area contributed by atoms with Crippen molar-refractivity contribution in [3.8, 4) is 0 Å². The van der Waals surface area contributed by atoms with E-state index >= 15 is 0 Å². The van der Waals surface area contributed by atoms with Gasteiger partial charge in [0.1, 0.15) is 11.4 Å². The Morgan fingerprint density at radius 2 is 2.08 bits per heavy atom. The lowest BCUT2D eigenvalue weighted by atomic mass is 9.68. The van der Waals surface area contributed by atoms with Crippen LogP contribution in [0.25, 0.3) is 5.65 Å². The number of morpholine rings is 1. The van der Waals surface area contributed by atoms with Crippen molar-refractivity contribution in [3.05, 3.63) is 35.9 Å². The summed E-state index contributed by atoms with van der Waals surface area (Å²) in [7, 11) is 0. The molecule has 4 aliphatic rings. The first-order valence-electron chi connectivity index (χ1n) is 12.6. The molecule has 7 rings (SSSR count). The highest BCUT2D eigenvalue weighted by atomic mass is 19.3. The molecule has 190 valence electrons. The van der Waals surface area contributed by atoms with Crippen LogP contribution in [0.2, 0.25) is 0 Å². The molecule has 0 radical (unpaired) electrons. The minimum atomic E-state index is -2.80. The Hall–Kier alpha value is -3.12. The lowest BCUT2D eigenvalue weighted by molar-refractivity contribution is 0.0803. The van der Waals surface area contributed by atoms with Crippen LogP contribution in [0.3, 0.4) is 0 Å². The van der Waals surface area contributed by atoms with Gasteiger partial charge in [-0.15, -0.1) is 0 Å². The standard InChI is InChI=1S/C24H28F2N8O2/c25-21(26)20-18(10-34(31-20)14-1-4-24(5-2-14)12-27-13-24)29-23(35)17-8-28-33-6-3-19(30-22(17)33)32-9-16-7-15(32)11-36-16/h3,6,8,10,14-16,21,27H,1-2,4-5,7,9,11-13H2,(H,29,35)/t15-,16-/m1/s1. The summed E-state index contributed by atoms with van der Waals surface area (Å²) in [5, 5.41) is 14.4. The van der Waals surface area contributed by atoms with Crippen LogP contribution in [0.5, 0.6) is 0 Å². The predicted octanol–water partition coefficient (Wildman–Crippen LogP) is 2.80. The summed E-state index contributed by atoms with van der Waals surface area (Å²) >= 11 is 0. The number of rotatable bonds is 5. The second-order valence-electron chi connectivity index (χ2n) is 10.6. The number of anilines is 2. The number of hydrogen-bond donors (Lipinski definition) is 2. The Labute approximate surface area is 206 Å². The summed E-state index contributed by atoms with van der Waals surface area (Å²) in [5.41, 5.74) is 0.592. The van der Waals surface area contributed by atoms with Crippen molar-refractivity contribution in [2.45, 2.75) is 56.7 Å². The molecule has 3 aliphatic heterocycles. The Balaban J connectivity index is 1.13. The highest BCUT2D eigenvalue weighted by Gasteiger charge is 2.41. The molecule has 10 nitrogen and oxygen atoms in total. The number of alkyl halides is 2. The van der Waals surface area contributed by atoms with Gasteiger partial charge in [0.15, 0.2) is 11.3 Å². The lowest BCUT2D eigenvalue weighted by Gasteiger charge is -2.47. The van der Waals surface area contributed by atoms with Crippen LogP contribution < -0.4 is 15.5 Å². The third-order valence-corrected chi connectivity index (χ3v) is 8.40. The van der Waals surface area contributed by atoms with Gasteiger partial charge in [-0.3, -0.25) is 9.48 Å². The largest absolute Gasteiger partial charge is 0.374 e. The zero-order valence-electron chi connectivity index (χ0n) is 19.7. The molecule has 3 aromatic rings. The normalized spacial score (nSPS) is 25.2. The molecular formula is C24H28F2N8O2. The minimum absolute atomic E-state index is 0.0325. The Morgan fingerprint density at radius 3 is 2.75 bits per heavy atom. The Bertz CT molecular complexity index is 1310. The maximum Gasteiger partial charge on any atom is 0.284 e. The quantitative estimate of drug-likeness (QED) is 0.558. The Morgan fingerprint density at radius 1 is 1.25 bits per heavy atom. The summed E-state index contributed by atoms with van der Waals surface area (Å²) in [5.74, 6) is 0.219. The van der Waals surface area contributed by atoms with Crippen LogP contribution in [-0.4, -0.2) is 68.7 Å². The van der Waals surface area contributed by atoms with E-state index in [2.05, 4.69) is 25.7 Å². The van der Waals surface area contributed by atoms with Gasteiger partial charge in [0, 0.05) is 32.0 Å². The van der Waals surface area contributed by atoms with Crippen molar-refractivity contribution in [2.24, 2.45) is 5.41 Å². The van der Waals surface area contributed by atoms with Gasteiger partial charge in [-0.25, -0.2) is 18.3 Å². The third-order valence-electron chi connectivity index (χ3n) is 8.40. The van der Waals surface area contributed by atoms with Gasteiger partial charge in [0.2, 0.25) is 0 Å². The number of carbonyl (C=O) groups excluding carboxylic acids is 1. The molecule has 1 aliphatic carbocycles. The van der Waals surface area contributed by atoms with Gasteiger partial charge in [-0.05, 0) is 43.6 Å². The van der Waals surface area contributed by atoms with E-state index in [4.69, 9.17) is 9.72 Å². The van der Waals surface area contributed by atoms with Gasteiger partial charge >= 0.3 is 0 Å². The lowest BCUT2D eigenvalue weighted by Crippen LogP contribution is -2.54. The fourth-order valence-corrected chi connectivity index (χ4v) is 6.21. The van der Waals surface area contributed by atoms with Crippen LogP contribution in [0.1, 0.15) is 60.6 Å². The van der Waals surface area contributed by atoms with Crippen molar-refractivity contribution in [1.29, 1.82) is 0 Å². The van der Waals surface area contributed by atoms with E-state index in [1.165, 1.54) is 10.7 Å². The number of halogens is 2. The van der Waals surface area contributed by atoms with Gasteiger partial charge in [0.05, 0.1) is 36.7 Å². The van der Waals surface area contributed by atoms with Crippen molar-refractivity contribution in [3.63, 3.8) is 0 Å². The zero-order chi connectivity index (χ0) is 24.4. The van der Waals surface area contributed by atoms with E-state index in [-0.39, 0.29) is 29.4 Å². The summed E-state index contributed by atoms with van der Waals surface area (Å²) in [6.07, 6.45) is 7.00. The number of carbonyl (C=O) groups is 1. The molecule has 1 saturated carbocycles. The van der Waals surface area contributed by atoms with Crippen LogP contribution >= 0.6 is 0 Å². The van der Waals surface area contributed by atoms with E-state index in [1.54, 1.807) is 17.1 Å². The van der Waals surface area contributed by atoms with Crippen molar-refractivity contribution in [1.82, 2.24) is 29.7 Å². The third kappa shape index (κ3) is 3.57. The van der Waals surface area contributed by atoms with Gasteiger partial charge in [-0.2, -0.15) is 10.2 Å². The molecule has 3 saturated heterocycles. The van der Waals surface area contributed by atoms with E-state index in [0.29, 0.717) is 17.7 Å². The fraction of sp³-hybridized carbons (Fsp3) is 0.583. The van der Waals surface area contributed by atoms with E-state index < -0.39 is 18.0 Å². The molecule has 2 atom stereocenters. The summed E-state index contributed by atoms with van der Waals surface area (Å²) in [4.78, 5) is 20.1. The zero-order valence-corrected chi connectivity index (χ0v) is 19.7. The number of aromatic nitrogens is 5. The van der Waals surface area contributed by atoms with Crippen LogP contribution in [0.4, 0.5) is 20.3 Å². The molecule has 0 unspecified atom stereocenters. The number of nitrogens with zero attached hydrogens (tertiary/aromatic N) is 6. The van der Waals surface area contributed by atoms with E-state index in [9.17, 15) is 13.6 Å². The molecule has 3 aromatic heterocycles. The number of hydrogen-bond acceptors (Lipinski definition) is 7. The minimum Gasteiger partial charge on any atom is -0.374 e. The second-order valence-corrected chi connectivity index (χ2v) is 10.6.